The first-order chi connectivity index (χ1) is 9.84. The molecule has 0 aliphatic heterocycles. The number of rotatable bonds is 9. The van der Waals surface area contributed by atoms with E-state index in [0.717, 1.165) is 12.7 Å². The molecular weight excluding hydrogens is 294 g/mol. The highest BCUT2D eigenvalue weighted by atomic mass is 32.2. The molecule has 0 heterocycles. The van der Waals surface area contributed by atoms with E-state index >= 15 is 0 Å². The summed E-state index contributed by atoms with van der Waals surface area (Å²) >= 11 is 0. The number of hydrogen-bond acceptors (Lipinski definition) is 5. The third-order valence-electron chi connectivity index (χ3n) is 2.89. The number of aliphatic carboxylic acids is 1. The van der Waals surface area contributed by atoms with Crippen LogP contribution in [0.4, 0.5) is 0 Å². The third kappa shape index (κ3) is 6.14. The summed E-state index contributed by atoms with van der Waals surface area (Å²) in [5.41, 5.74) is 0. The van der Waals surface area contributed by atoms with Crippen LogP contribution in [0.1, 0.15) is 19.8 Å². The van der Waals surface area contributed by atoms with Gasteiger partial charge in [0.05, 0.1) is 4.90 Å². The summed E-state index contributed by atoms with van der Waals surface area (Å²) in [6, 6.07) is 5.56. The van der Waals surface area contributed by atoms with Crippen LogP contribution in [0.25, 0.3) is 0 Å². The van der Waals surface area contributed by atoms with Gasteiger partial charge in [-0.25, -0.2) is 8.42 Å². The van der Waals surface area contributed by atoms with Crippen molar-refractivity contribution in [1.82, 2.24) is 5.32 Å². The van der Waals surface area contributed by atoms with Gasteiger partial charge in [0.25, 0.3) is 0 Å². The molecule has 0 radical (unpaired) electrons. The lowest BCUT2D eigenvalue weighted by molar-refractivity contribution is -0.139. The molecule has 6 nitrogen and oxygen atoms in total. The minimum absolute atomic E-state index is 0.238. The average Bonchev–Trinajstić information content (AvgIpc) is 2.41. The quantitative estimate of drug-likeness (QED) is 0.668. The number of sulfone groups is 1. The Bertz CT molecular complexity index is 553. The van der Waals surface area contributed by atoms with Crippen molar-refractivity contribution in [3.63, 3.8) is 0 Å². The molecule has 0 saturated carbocycles. The Morgan fingerprint density at radius 3 is 2.43 bits per heavy atom. The van der Waals surface area contributed by atoms with Crippen molar-refractivity contribution >= 4 is 15.8 Å². The molecule has 0 amide bonds. The predicted molar refractivity (Wildman–Crippen MR) is 79.4 cm³/mol. The van der Waals surface area contributed by atoms with E-state index in [-0.39, 0.29) is 4.90 Å². The van der Waals surface area contributed by atoms with Crippen LogP contribution in [-0.4, -0.2) is 44.9 Å². The Hall–Kier alpha value is -1.60. The maximum atomic E-state index is 11.3. The second kappa shape index (κ2) is 7.99. The zero-order valence-corrected chi connectivity index (χ0v) is 13.0. The van der Waals surface area contributed by atoms with E-state index in [2.05, 4.69) is 5.32 Å². The Morgan fingerprint density at radius 2 is 1.95 bits per heavy atom. The minimum Gasteiger partial charge on any atom is -0.492 e. The molecular formula is C14H21NO5S. The number of carboxylic acid groups (broad SMARTS) is 1. The summed E-state index contributed by atoms with van der Waals surface area (Å²) < 4.78 is 28.0. The molecule has 118 valence electrons. The molecule has 0 aliphatic rings. The maximum absolute atomic E-state index is 11.3. The summed E-state index contributed by atoms with van der Waals surface area (Å²) in [4.78, 5) is 11.2. The van der Waals surface area contributed by atoms with Gasteiger partial charge in [0.2, 0.25) is 0 Å². The van der Waals surface area contributed by atoms with Crippen LogP contribution in [0, 0.1) is 0 Å². The van der Waals surface area contributed by atoms with Crippen LogP contribution in [0.2, 0.25) is 0 Å². The fraction of sp³-hybridized carbons (Fsp3) is 0.500. The lowest BCUT2D eigenvalue weighted by Crippen LogP contribution is -2.38. The summed E-state index contributed by atoms with van der Waals surface area (Å²) in [5, 5.41) is 11.9. The molecule has 1 atom stereocenters. The van der Waals surface area contributed by atoms with Crippen LogP contribution < -0.4 is 10.1 Å². The van der Waals surface area contributed by atoms with E-state index in [9.17, 15) is 13.2 Å². The van der Waals surface area contributed by atoms with Gasteiger partial charge in [-0.05, 0) is 30.7 Å². The number of benzene rings is 1. The van der Waals surface area contributed by atoms with Crippen molar-refractivity contribution in [1.29, 1.82) is 0 Å². The van der Waals surface area contributed by atoms with Crippen LogP contribution >= 0.6 is 0 Å². The maximum Gasteiger partial charge on any atom is 0.320 e. The molecule has 1 rings (SSSR count). The summed E-state index contributed by atoms with van der Waals surface area (Å²) in [6.45, 7) is 2.65. The first-order valence-corrected chi connectivity index (χ1v) is 8.63. The molecule has 0 spiro atoms. The van der Waals surface area contributed by atoms with Crippen LogP contribution in [0.5, 0.6) is 5.75 Å². The smallest absolute Gasteiger partial charge is 0.320 e. The van der Waals surface area contributed by atoms with Gasteiger partial charge >= 0.3 is 5.97 Å². The molecule has 0 saturated heterocycles. The van der Waals surface area contributed by atoms with Gasteiger partial charge in [-0.3, -0.25) is 4.79 Å². The molecule has 1 aromatic rings. The lowest BCUT2D eigenvalue weighted by Gasteiger charge is -2.13. The highest BCUT2D eigenvalue weighted by Gasteiger charge is 2.14. The Morgan fingerprint density at radius 1 is 1.33 bits per heavy atom. The van der Waals surface area contributed by atoms with E-state index in [4.69, 9.17) is 9.84 Å². The van der Waals surface area contributed by atoms with Gasteiger partial charge in [0.15, 0.2) is 9.84 Å². The number of carbonyl (C=O) groups is 1. The number of ether oxygens (including phenoxy) is 1. The summed E-state index contributed by atoms with van der Waals surface area (Å²) in [7, 11) is -3.21. The molecule has 0 fully saturated rings. The van der Waals surface area contributed by atoms with Crippen LogP contribution in [0.3, 0.4) is 0 Å². The van der Waals surface area contributed by atoms with Crippen molar-refractivity contribution in [2.24, 2.45) is 0 Å². The fourth-order valence-electron chi connectivity index (χ4n) is 1.79. The molecule has 0 aromatic heterocycles. The Kier molecular flexibility index (Phi) is 6.64. The second-order valence-corrected chi connectivity index (χ2v) is 6.74. The van der Waals surface area contributed by atoms with Crippen molar-refractivity contribution < 1.29 is 23.1 Å². The average molecular weight is 315 g/mol. The molecule has 0 bridgehead atoms. The zero-order chi connectivity index (χ0) is 15.9. The minimum atomic E-state index is -3.21. The highest BCUT2D eigenvalue weighted by molar-refractivity contribution is 7.90. The van der Waals surface area contributed by atoms with Crippen molar-refractivity contribution in [3.05, 3.63) is 24.3 Å². The second-order valence-electron chi connectivity index (χ2n) is 4.73. The summed E-state index contributed by atoms with van der Waals surface area (Å²) in [6.07, 6.45) is 2.50. The zero-order valence-electron chi connectivity index (χ0n) is 12.2. The van der Waals surface area contributed by atoms with Crippen molar-refractivity contribution in [3.8, 4) is 5.75 Å². The molecule has 21 heavy (non-hydrogen) atoms. The van der Waals surface area contributed by atoms with Gasteiger partial charge in [-0.1, -0.05) is 13.3 Å². The van der Waals surface area contributed by atoms with E-state index in [0.29, 0.717) is 25.3 Å². The largest absolute Gasteiger partial charge is 0.492 e. The van der Waals surface area contributed by atoms with Crippen LogP contribution in [-0.2, 0) is 14.6 Å². The van der Waals surface area contributed by atoms with Gasteiger partial charge in [0.1, 0.15) is 18.4 Å². The molecule has 1 unspecified atom stereocenters. The van der Waals surface area contributed by atoms with Gasteiger partial charge < -0.3 is 15.2 Å². The topological polar surface area (TPSA) is 92.7 Å². The molecule has 0 aliphatic carbocycles. The van der Waals surface area contributed by atoms with Crippen LogP contribution in [0.15, 0.2) is 29.2 Å². The van der Waals surface area contributed by atoms with E-state index < -0.39 is 21.8 Å². The molecule has 1 aromatic carbocycles. The van der Waals surface area contributed by atoms with Gasteiger partial charge in [0, 0.05) is 12.8 Å². The normalized spacial score (nSPS) is 12.9. The first kappa shape index (κ1) is 17.5. The van der Waals surface area contributed by atoms with Gasteiger partial charge in [-0.15, -0.1) is 0 Å². The number of nitrogens with one attached hydrogen (secondary N) is 1. The highest BCUT2D eigenvalue weighted by Crippen LogP contribution is 2.15. The van der Waals surface area contributed by atoms with Crippen molar-refractivity contribution in [2.45, 2.75) is 30.7 Å². The molecule has 2 N–H and O–H groups in total. The van der Waals surface area contributed by atoms with E-state index in [1.165, 1.54) is 12.1 Å². The fourth-order valence-corrected chi connectivity index (χ4v) is 2.42. The van der Waals surface area contributed by atoms with E-state index in [1.807, 2.05) is 6.92 Å². The third-order valence-corrected chi connectivity index (χ3v) is 4.02. The van der Waals surface area contributed by atoms with Crippen molar-refractivity contribution in [2.75, 3.05) is 19.4 Å². The Labute approximate surface area is 125 Å². The predicted octanol–water partition coefficient (Wildman–Crippen LogP) is 1.31. The first-order valence-electron chi connectivity index (χ1n) is 6.73. The SMILES string of the molecule is CCCC(NCCOc1ccc(S(C)(=O)=O)cc1)C(=O)O. The number of hydrogen-bond donors (Lipinski definition) is 2. The monoisotopic (exact) mass is 315 g/mol. The summed E-state index contributed by atoms with van der Waals surface area (Å²) in [5.74, 6) is -0.319. The van der Waals surface area contributed by atoms with E-state index in [1.54, 1.807) is 12.1 Å². The van der Waals surface area contributed by atoms with Gasteiger partial charge in [-0.2, -0.15) is 0 Å². The Balaban J connectivity index is 2.41. The lowest BCUT2D eigenvalue weighted by atomic mass is 10.2. The molecule has 7 heteroatoms. The number of carboxylic acids is 1. The standard InChI is InChI=1S/C14H21NO5S/c1-3-4-13(14(16)17)15-9-10-20-11-5-7-12(8-6-11)21(2,18)19/h5-8,13,15H,3-4,9-10H2,1-2H3,(H,16,17).